The molecule has 1 spiro atoms. The first-order valence-electron chi connectivity index (χ1n) is 7.61. The van der Waals surface area contributed by atoms with Crippen LogP contribution in [0.1, 0.15) is 52.4 Å². The highest BCUT2D eigenvalue weighted by molar-refractivity contribution is 5.67. The van der Waals surface area contributed by atoms with Crippen molar-refractivity contribution in [2.75, 3.05) is 19.7 Å². The zero-order valence-electron chi connectivity index (χ0n) is 12.2. The number of ether oxygens (including phenoxy) is 1. The lowest BCUT2D eigenvalue weighted by atomic mass is 9.56. The molecule has 0 atom stereocenters. The fraction of sp³-hybridized carbons (Fsp3) is 0.933. The number of likely N-dealkylation sites (tertiary alicyclic amines) is 1. The van der Waals surface area contributed by atoms with E-state index in [1.807, 2.05) is 18.7 Å². The number of carbonyl (C=O) groups excluding carboxylic acids is 1. The van der Waals surface area contributed by atoms with Gasteiger partial charge in [-0.3, -0.25) is 0 Å². The Morgan fingerprint density at radius 2 is 2.00 bits per heavy atom. The Labute approximate surface area is 116 Å². The summed E-state index contributed by atoms with van der Waals surface area (Å²) in [4.78, 5) is 13.7. The first-order chi connectivity index (χ1) is 9.04. The SMILES string of the molecule is CC(C)OC(=O)N1CCC2(CC1)CC(CCCO)C2. The number of carbonyl (C=O) groups is 1. The number of hydrogen-bond donors (Lipinski definition) is 1. The second-order valence-corrected chi connectivity index (χ2v) is 6.56. The molecule has 0 unspecified atom stereocenters. The van der Waals surface area contributed by atoms with Gasteiger partial charge in [0.1, 0.15) is 0 Å². The zero-order chi connectivity index (χ0) is 13.9. The van der Waals surface area contributed by atoms with E-state index in [4.69, 9.17) is 9.84 Å². The lowest BCUT2D eigenvalue weighted by Crippen LogP contribution is -2.49. The van der Waals surface area contributed by atoms with Gasteiger partial charge in [0, 0.05) is 19.7 Å². The quantitative estimate of drug-likeness (QED) is 0.853. The minimum absolute atomic E-state index is 0.0325. The van der Waals surface area contributed by atoms with Gasteiger partial charge in [0.2, 0.25) is 0 Å². The van der Waals surface area contributed by atoms with Gasteiger partial charge < -0.3 is 14.7 Å². The molecule has 0 aromatic heterocycles. The molecule has 0 aromatic rings. The molecular formula is C15H27NO3. The Kier molecular flexibility index (Phi) is 4.71. The van der Waals surface area contributed by atoms with E-state index in [1.54, 1.807) is 0 Å². The van der Waals surface area contributed by atoms with Crippen LogP contribution in [0.15, 0.2) is 0 Å². The van der Waals surface area contributed by atoms with Gasteiger partial charge in [-0.05, 0) is 63.7 Å². The molecule has 2 rings (SSSR count). The number of aliphatic hydroxyl groups excluding tert-OH is 1. The van der Waals surface area contributed by atoms with Gasteiger partial charge in [0.25, 0.3) is 0 Å². The predicted molar refractivity (Wildman–Crippen MR) is 73.9 cm³/mol. The third-order valence-electron chi connectivity index (χ3n) is 4.63. The fourth-order valence-electron chi connectivity index (χ4n) is 3.60. The lowest BCUT2D eigenvalue weighted by molar-refractivity contribution is -0.0206. The predicted octanol–water partition coefficient (Wildman–Crippen LogP) is 2.80. The van der Waals surface area contributed by atoms with Crippen LogP contribution in [0.3, 0.4) is 0 Å². The average Bonchev–Trinajstić information content (AvgIpc) is 2.33. The molecule has 2 aliphatic rings. The smallest absolute Gasteiger partial charge is 0.410 e. The molecule has 1 amide bonds. The molecule has 1 saturated carbocycles. The van der Waals surface area contributed by atoms with Crippen molar-refractivity contribution in [3.8, 4) is 0 Å². The molecule has 1 N–H and O–H groups in total. The maximum Gasteiger partial charge on any atom is 0.410 e. The molecule has 1 aliphatic carbocycles. The maximum atomic E-state index is 11.8. The molecule has 1 saturated heterocycles. The van der Waals surface area contributed by atoms with Crippen molar-refractivity contribution in [2.24, 2.45) is 11.3 Å². The van der Waals surface area contributed by atoms with Crippen LogP contribution >= 0.6 is 0 Å². The summed E-state index contributed by atoms with van der Waals surface area (Å²) in [6.45, 7) is 5.79. The second-order valence-electron chi connectivity index (χ2n) is 6.56. The third-order valence-corrected chi connectivity index (χ3v) is 4.63. The van der Waals surface area contributed by atoms with Crippen LogP contribution in [0, 0.1) is 11.3 Å². The van der Waals surface area contributed by atoms with Gasteiger partial charge >= 0.3 is 6.09 Å². The van der Waals surface area contributed by atoms with Gasteiger partial charge in [0.15, 0.2) is 0 Å². The summed E-state index contributed by atoms with van der Waals surface area (Å²) in [6.07, 6.45) is 6.74. The Hall–Kier alpha value is -0.770. The summed E-state index contributed by atoms with van der Waals surface area (Å²) in [5.41, 5.74) is 0.495. The maximum absolute atomic E-state index is 11.8. The highest BCUT2D eigenvalue weighted by Crippen LogP contribution is 2.53. The summed E-state index contributed by atoms with van der Waals surface area (Å²) < 4.78 is 5.24. The zero-order valence-corrected chi connectivity index (χ0v) is 12.2. The van der Waals surface area contributed by atoms with Crippen molar-refractivity contribution in [3.05, 3.63) is 0 Å². The number of nitrogens with zero attached hydrogens (tertiary/aromatic N) is 1. The van der Waals surface area contributed by atoms with Gasteiger partial charge in [-0.25, -0.2) is 4.79 Å². The first kappa shape index (κ1) is 14.6. The monoisotopic (exact) mass is 269 g/mol. The van der Waals surface area contributed by atoms with Crippen LogP contribution in [0.5, 0.6) is 0 Å². The molecule has 110 valence electrons. The topological polar surface area (TPSA) is 49.8 Å². The summed E-state index contributed by atoms with van der Waals surface area (Å²) in [5, 5.41) is 8.85. The van der Waals surface area contributed by atoms with E-state index < -0.39 is 0 Å². The Balaban J connectivity index is 1.70. The summed E-state index contributed by atoms with van der Waals surface area (Å²) >= 11 is 0. The van der Waals surface area contributed by atoms with E-state index >= 15 is 0 Å². The highest BCUT2D eigenvalue weighted by Gasteiger charge is 2.45. The Morgan fingerprint density at radius 1 is 1.37 bits per heavy atom. The Morgan fingerprint density at radius 3 is 2.53 bits per heavy atom. The molecule has 0 aromatic carbocycles. The Bertz CT molecular complexity index is 301. The van der Waals surface area contributed by atoms with Crippen molar-refractivity contribution < 1.29 is 14.6 Å². The molecular weight excluding hydrogens is 242 g/mol. The number of piperidine rings is 1. The van der Waals surface area contributed by atoms with E-state index in [9.17, 15) is 4.79 Å². The molecule has 1 heterocycles. The van der Waals surface area contributed by atoms with E-state index in [-0.39, 0.29) is 12.2 Å². The van der Waals surface area contributed by atoms with Crippen LogP contribution in [0.2, 0.25) is 0 Å². The summed E-state index contributed by atoms with van der Waals surface area (Å²) in [7, 11) is 0. The fourth-order valence-corrected chi connectivity index (χ4v) is 3.60. The highest BCUT2D eigenvalue weighted by atomic mass is 16.6. The van der Waals surface area contributed by atoms with Crippen LogP contribution < -0.4 is 0 Å². The first-order valence-corrected chi connectivity index (χ1v) is 7.61. The van der Waals surface area contributed by atoms with Gasteiger partial charge in [-0.1, -0.05) is 0 Å². The largest absolute Gasteiger partial charge is 0.447 e. The van der Waals surface area contributed by atoms with E-state index in [2.05, 4.69) is 0 Å². The van der Waals surface area contributed by atoms with Crippen molar-refractivity contribution in [2.45, 2.75) is 58.5 Å². The van der Waals surface area contributed by atoms with E-state index in [0.29, 0.717) is 12.0 Å². The van der Waals surface area contributed by atoms with Crippen LogP contribution in [-0.2, 0) is 4.74 Å². The molecule has 2 fully saturated rings. The average molecular weight is 269 g/mol. The molecule has 4 heteroatoms. The molecule has 1 aliphatic heterocycles. The summed E-state index contributed by atoms with van der Waals surface area (Å²) in [6, 6.07) is 0. The second kappa shape index (κ2) is 6.12. The number of amides is 1. The van der Waals surface area contributed by atoms with Crippen LogP contribution in [0.25, 0.3) is 0 Å². The van der Waals surface area contributed by atoms with E-state index in [1.165, 1.54) is 12.8 Å². The van der Waals surface area contributed by atoms with Crippen molar-refractivity contribution >= 4 is 6.09 Å². The van der Waals surface area contributed by atoms with Gasteiger partial charge in [-0.2, -0.15) is 0 Å². The third kappa shape index (κ3) is 3.62. The summed E-state index contributed by atoms with van der Waals surface area (Å²) in [5.74, 6) is 0.807. The molecule has 0 bridgehead atoms. The van der Waals surface area contributed by atoms with E-state index in [0.717, 1.165) is 44.7 Å². The van der Waals surface area contributed by atoms with Crippen LogP contribution in [-0.4, -0.2) is 41.9 Å². The number of aliphatic hydroxyl groups is 1. The molecule has 0 radical (unpaired) electrons. The normalized spacial score (nSPS) is 22.6. The molecule has 19 heavy (non-hydrogen) atoms. The van der Waals surface area contributed by atoms with Crippen molar-refractivity contribution in [1.29, 1.82) is 0 Å². The minimum Gasteiger partial charge on any atom is -0.447 e. The minimum atomic E-state index is -0.152. The van der Waals surface area contributed by atoms with Gasteiger partial charge in [0.05, 0.1) is 6.10 Å². The standard InChI is InChI=1S/C15H27NO3/c1-12(2)19-14(18)16-7-5-15(6-8-16)10-13(11-15)4-3-9-17/h12-13,17H,3-11H2,1-2H3. The number of hydrogen-bond acceptors (Lipinski definition) is 3. The van der Waals surface area contributed by atoms with Crippen molar-refractivity contribution in [3.63, 3.8) is 0 Å². The van der Waals surface area contributed by atoms with Crippen molar-refractivity contribution in [1.82, 2.24) is 4.90 Å². The lowest BCUT2D eigenvalue weighted by Gasteiger charge is -2.52. The molecule has 4 nitrogen and oxygen atoms in total. The number of rotatable bonds is 4. The van der Waals surface area contributed by atoms with Crippen LogP contribution in [0.4, 0.5) is 4.79 Å². The van der Waals surface area contributed by atoms with Gasteiger partial charge in [-0.15, -0.1) is 0 Å².